The van der Waals surface area contributed by atoms with Crippen LogP contribution < -0.4 is 20.1 Å². The second-order valence-electron chi connectivity index (χ2n) is 12.4. The van der Waals surface area contributed by atoms with Gasteiger partial charge in [0.25, 0.3) is 0 Å². The van der Waals surface area contributed by atoms with Gasteiger partial charge in [0.1, 0.15) is 11.6 Å². The van der Waals surface area contributed by atoms with Gasteiger partial charge in [0, 0.05) is 18.3 Å². The Kier molecular flexibility index (Phi) is 7.94. The van der Waals surface area contributed by atoms with E-state index in [9.17, 15) is 14.4 Å². The minimum Gasteiger partial charge on any atom is -0.493 e. The van der Waals surface area contributed by atoms with Crippen LogP contribution in [0.2, 0.25) is 0 Å². The SMILES string of the molecule is COc1ccc(CCN2C(=O)[C@H]3[C@H](C(=O)Nc4cccc(C)c4)[C@H]4C=C[C@@]3(O4)[C@@H]2C(=O)N[C@H]2CCCC[C@H]2C)cc1OC. The summed E-state index contributed by atoms with van der Waals surface area (Å²) in [5.74, 6) is -0.685. The zero-order chi connectivity index (χ0) is 30.3. The molecule has 1 spiro atoms. The number of nitrogens with zero attached hydrogens (tertiary/aromatic N) is 1. The molecule has 1 saturated carbocycles. The van der Waals surface area contributed by atoms with Gasteiger partial charge in [-0.15, -0.1) is 0 Å². The molecule has 3 amide bonds. The number of methoxy groups -OCH3 is 2. The van der Waals surface area contributed by atoms with Gasteiger partial charge in [0.05, 0.1) is 32.2 Å². The van der Waals surface area contributed by atoms with E-state index < -0.39 is 29.6 Å². The van der Waals surface area contributed by atoms with Crippen LogP contribution >= 0.6 is 0 Å². The van der Waals surface area contributed by atoms with Crippen LogP contribution in [0.1, 0.15) is 43.7 Å². The summed E-state index contributed by atoms with van der Waals surface area (Å²) in [6.45, 7) is 4.42. The lowest BCUT2D eigenvalue weighted by Crippen LogP contribution is -2.57. The van der Waals surface area contributed by atoms with Crippen molar-refractivity contribution in [1.29, 1.82) is 0 Å². The van der Waals surface area contributed by atoms with Gasteiger partial charge in [-0.05, 0) is 67.5 Å². The van der Waals surface area contributed by atoms with Gasteiger partial charge in [-0.1, -0.05) is 50.1 Å². The molecule has 6 rings (SSSR count). The van der Waals surface area contributed by atoms with Crippen molar-refractivity contribution in [1.82, 2.24) is 10.2 Å². The third-order valence-electron chi connectivity index (χ3n) is 9.74. The highest BCUT2D eigenvalue weighted by atomic mass is 16.5. The minimum absolute atomic E-state index is 0.0440. The molecule has 9 nitrogen and oxygen atoms in total. The van der Waals surface area contributed by atoms with E-state index in [-0.39, 0.29) is 23.8 Å². The normalized spacial score (nSPS) is 30.7. The van der Waals surface area contributed by atoms with Crippen molar-refractivity contribution in [3.05, 3.63) is 65.7 Å². The van der Waals surface area contributed by atoms with Gasteiger partial charge in [-0.25, -0.2) is 0 Å². The predicted molar refractivity (Wildman–Crippen MR) is 162 cm³/mol. The van der Waals surface area contributed by atoms with E-state index in [4.69, 9.17) is 14.2 Å². The number of anilines is 1. The molecule has 3 heterocycles. The Labute approximate surface area is 252 Å². The Hall–Kier alpha value is -3.85. The molecule has 9 heteroatoms. The number of benzene rings is 2. The third-order valence-corrected chi connectivity index (χ3v) is 9.74. The second kappa shape index (κ2) is 11.7. The second-order valence-corrected chi connectivity index (χ2v) is 12.4. The predicted octanol–water partition coefficient (Wildman–Crippen LogP) is 4.04. The van der Waals surface area contributed by atoms with E-state index in [1.54, 1.807) is 19.1 Å². The number of hydrogen-bond donors (Lipinski definition) is 2. The van der Waals surface area contributed by atoms with Gasteiger partial charge in [0.2, 0.25) is 17.7 Å². The molecule has 7 atom stereocenters. The lowest BCUT2D eigenvalue weighted by atomic mass is 9.74. The van der Waals surface area contributed by atoms with Gasteiger partial charge in [0.15, 0.2) is 11.5 Å². The van der Waals surface area contributed by atoms with Crippen molar-refractivity contribution in [3.63, 3.8) is 0 Å². The molecule has 228 valence electrons. The first-order valence-corrected chi connectivity index (χ1v) is 15.3. The summed E-state index contributed by atoms with van der Waals surface area (Å²) < 4.78 is 17.4. The standard InChI is InChI=1S/C34H41N3O6/c1-20-8-7-10-23(18-20)35-31(38)28-26-14-16-34(43-26)29(28)33(40)37(17-15-22-12-13-25(41-3)27(19-22)42-4)30(34)32(39)36-24-11-6-5-9-21(24)2/h7-8,10,12-14,16,18-19,21,24,26,28-30H,5-6,9,11,15,17H2,1-4H3,(H,35,38)(H,36,39)/t21-,24+,26-,28-,29-,30+,34+/m1/s1. The van der Waals surface area contributed by atoms with Crippen LogP contribution in [0.25, 0.3) is 0 Å². The highest BCUT2D eigenvalue weighted by molar-refractivity contribution is 6.02. The smallest absolute Gasteiger partial charge is 0.246 e. The molecular weight excluding hydrogens is 546 g/mol. The van der Waals surface area contributed by atoms with Crippen molar-refractivity contribution in [2.24, 2.45) is 17.8 Å². The van der Waals surface area contributed by atoms with E-state index >= 15 is 0 Å². The fraction of sp³-hybridized carbons (Fsp3) is 0.500. The largest absolute Gasteiger partial charge is 0.493 e. The van der Waals surface area contributed by atoms with Crippen LogP contribution in [0.4, 0.5) is 5.69 Å². The Morgan fingerprint density at radius 3 is 2.58 bits per heavy atom. The molecule has 3 fully saturated rings. The van der Waals surface area contributed by atoms with Crippen LogP contribution in [0, 0.1) is 24.7 Å². The summed E-state index contributed by atoms with van der Waals surface area (Å²) in [6.07, 6.45) is 7.83. The molecule has 1 aliphatic carbocycles. The highest BCUT2D eigenvalue weighted by Gasteiger charge is 2.72. The Bertz CT molecular complexity index is 1440. The summed E-state index contributed by atoms with van der Waals surface area (Å²) in [7, 11) is 3.17. The number of amides is 3. The Morgan fingerprint density at radius 1 is 1.05 bits per heavy atom. The van der Waals surface area contributed by atoms with Crippen LogP contribution in [-0.4, -0.2) is 67.2 Å². The van der Waals surface area contributed by atoms with Gasteiger partial charge < -0.3 is 29.7 Å². The summed E-state index contributed by atoms with van der Waals surface area (Å²) in [6, 6.07) is 12.4. The number of carbonyl (C=O) groups excluding carboxylic acids is 3. The zero-order valence-corrected chi connectivity index (χ0v) is 25.3. The van der Waals surface area contributed by atoms with Gasteiger partial charge in [-0.2, -0.15) is 0 Å². The Balaban J connectivity index is 1.30. The number of hydrogen-bond acceptors (Lipinski definition) is 6. The van der Waals surface area contributed by atoms with Crippen molar-refractivity contribution in [3.8, 4) is 11.5 Å². The Morgan fingerprint density at radius 2 is 1.84 bits per heavy atom. The maximum Gasteiger partial charge on any atom is 0.246 e. The number of aryl methyl sites for hydroxylation is 1. The first kappa shape index (κ1) is 29.2. The van der Waals surface area contributed by atoms with E-state index in [0.29, 0.717) is 36.1 Å². The maximum atomic E-state index is 14.3. The molecule has 0 aromatic heterocycles. The van der Waals surface area contributed by atoms with Gasteiger partial charge in [-0.3, -0.25) is 14.4 Å². The monoisotopic (exact) mass is 587 g/mol. The van der Waals surface area contributed by atoms with Crippen LogP contribution in [-0.2, 0) is 25.5 Å². The molecule has 2 bridgehead atoms. The summed E-state index contributed by atoms with van der Waals surface area (Å²) in [4.78, 5) is 43.9. The number of ether oxygens (including phenoxy) is 3. The molecule has 2 aromatic rings. The lowest BCUT2D eigenvalue weighted by molar-refractivity contribution is -0.141. The van der Waals surface area contributed by atoms with Crippen molar-refractivity contribution in [2.45, 2.75) is 69.7 Å². The van der Waals surface area contributed by atoms with Crippen LogP contribution in [0.3, 0.4) is 0 Å². The molecule has 2 N–H and O–H groups in total. The topological polar surface area (TPSA) is 106 Å². The molecule has 2 saturated heterocycles. The lowest BCUT2D eigenvalue weighted by Gasteiger charge is -2.36. The zero-order valence-electron chi connectivity index (χ0n) is 25.3. The van der Waals surface area contributed by atoms with Crippen molar-refractivity contribution < 1.29 is 28.6 Å². The quantitative estimate of drug-likeness (QED) is 0.429. The first-order chi connectivity index (χ1) is 20.8. The fourth-order valence-corrected chi connectivity index (χ4v) is 7.53. The molecule has 0 radical (unpaired) electrons. The van der Waals surface area contributed by atoms with E-state index in [1.807, 2.05) is 61.5 Å². The maximum absolute atomic E-state index is 14.3. The third kappa shape index (κ3) is 5.18. The molecule has 3 aliphatic heterocycles. The summed E-state index contributed by atoms with van der Waals surface area (Å²) in [5.41, 5.74) is 1.43. The average Bonchev–Trinajstić information content (AvgIpc) is 3.64. The average molecular weight is 588 g/mol. The molecule has 4 aliphatic rings. The van der Waals surface area contributed by atoms with E-state index in [0.717, 1.165) is 36.8 Å². The summed E-state index contributed by atoms with van der Waals surface area (Å²) >= 11 is 0. The fourth-order valence-electron chi connectivity index (χ4n) is 7.53. The number of likely N-dealkylation sites (tertiary alicyclic amines) is 1. The van der Waals surface area contributed by atoms with E-state index in [1.165, 1.54) is 0 Å². The number of rotatable bonds is 9. The number of fused-ring (bicyclic) bond motifs is 1. The minimum atomic E-state index is -1.20. The first-order valence-electron chi connectivity index (χ1n) is 15.3. The van der Waals surface area contributed by atoms with Crippen LogP contribution in [0.5, 0.6) is 11.5 Å². The van der Waals surface area contributed by atoms with Gasteiger partial charge >= 0.3 is 0 Å². The van der Waals surface area contributed by atoms with Crippen LogP contribution in [0.15, 0.2) is 54.6 Å². The van der Waals surface area contributed by atoms with Crippen molar-refractivity contribution >= 4 is 23.4 Å². The molecular formula is C34H41N3O6. The molecule has 43 heavy (non-hydrogen) atoms. The summed E-state index contributed by atoms with van der Waals surface area (Å²) in [5, 5.41) is 6.29. The van der Waals surface area contributed by atoms with E-state index in [2.05, 4.69) is 17.6 Å². The highest BCUT2D eigenvalue weighted by Crippen LogP contribution is 2.55. The number of carbonyl (C=O) groups is 3. The van der Waals surface area contributed by atoms with Crippen molar-refractivity contribution in [2.75, 3.05) is 26.1 Å². The number of nitrogens with one attached hydrogen (secondary N) is 2. The molecule has 2 aromatic carbocycles. The molecule has 0 unspecified atom stereocenters.